The van der Waals surface area contributed by atoms with Crippen LogP contribution in [0.15, 0.2) is 48.5 Å². The van der Waals surface area contributed by atoms with Gasteiger partial charge in [0, 0.05) is 51.6 Å². The van der Waals surface area contributed by atoms with Crippen LogP contribution in [0.3, 0.4) is 0 Å². The van der Waals surface area contributed by atoms with Crippen LogP contribution in [0.5, 0.6) is 0 Å². The molecule has 0 saturated heterocycles. The van der Waals surface area contributed by atoms with Crippen molar-refractivity contribution in [2.45, 2.75) is 78.4 Å². The summed E-state index contributed by atoms with van der Waals surface area (Å²) in [6, 6.07) is 18.2. The maximum Gasteiger partial charge on any atom is 1.00 e. The molecule has 4 rings (SSSR count). The van der Waals surface area contributed by atoms with Gasteiger partial charge in [-0.25, -0.2) is 19.4 Å². The Balaban J connectivity index is 0. The van der Waals surface area contributed by atoms with E-state index in [0.717, 1.165) is 29.0 Å². The van der Waals surface area contributed by atoms with E-state index in [-0.39, 0.29) is 35.3 Å². The summed E-state index contributed by atoms with van der Waals surface area (Å²) in [5.74, 6) is -1.62. The zero-order valence-electron chi connectivity index (χ0n) is 24.4. The van der Waals surface area contributed by atoms with Gasteiger partial charge in [0.25, 0.3) is 0 Å². The van der Waals surface area contributed by atoms with Crippen molar-refractivity contribution in [2.24, 2.45) is 5.73 Å². The van der Waals surface area contributed by atoms with Crippen molar-refractivity contribution in [1.29, 1.82) is 0 Å². The SMILES string of the molecule is CC(=O)OOC(C)=O.CC(=O)c1ccc(I)cc1.CC(NC1CC1)c1ccc(I)cc1.NC1CC1.[B-]OC(C)=O.[Na+]. The van der Waals surface area contributed by atoms with E-state index in [2.05, 4.69) is 104 Å². The third-order valence-electron chi connectivity index (χ3n) is 4.75. The molecule has 3 radical (unpaired) electrons. The molecule has 2 aliphatic carbocycles. The standard InChI is InChI=1S/C11H14IN.C8H7IO.C4H6O4.C3H7N.C2H3BO2.Na/c1-8(13-11-6-7-11)9-2-4-10(12)5-3-9;1-6(10)7-2-4-8(9)5-3-7;1-3(5)7-8-4(2)6;4-3-1-2-3;1-2(4)5-3;/h2-5,8,11,13H,6-7H2,1H3;2-5H,1H3;1-2H3;3H,1-2,4H2;1H3;/q;;;;-1;+1. The minimum absolute atomic E-state index is 0. The Kier molecular flexibility index (Phi) is 25.1. The van der Waals surface area contributed by atoms with Crippen molar-refractivity contribution in [3.63, 3.8) is 0 Å². The van der Waals surface area contributed by atoms with Gasteiger partial charge in [0.1, 0.15) is 0 Å². The van der Waals surface area contributed by atoms with Crippen LogP contribution in [0, 0.1) is 7.14 Å². The number of Topliss-reactive ketones (excluding diaryl/α,β-unsaturated/α-hetero) is 1. The van der Waals surface area contributed by atoms with E-state index in [1.54, 1.807) is 6.92 Å². The molecular formula is C28H37BI2N2NaO7. The van der Waals surface area contributed by atoms with Crippen molar-refractivity contribution in [3.8, 4) is 0 Å². The molecule has 2 saturated carbocycles. The van der Waals surface area contributed by atoms with Gasteiger partial charge in [0.15, 0.2) is 5.78 Å². The van der Waals surface area contributed by atoms with Crippen LogP contribution in [-0.2, 0) is 28.8 Å². The van der Waals surface area contributed by atoms with Crippen LogP contribution >= 0.6 is 45.2 Å². The third kappa shape index (κ3) is 27.5. The number of halogens is 2. The Morgan fingerprint density at radius 2 is 1.17 bits per heavy atom. The second-order valence-corrected chi connectivity index (χ2v) is 11.4. The summed E-state index contributed by atoms with van der Waals surface area (Å²) in [4.78, 5) is 47.5. The Labute approximate surface area is 293 Å². The van der Waals surface area contributed by atoms with Crippen molar-refractivity contribution in [1.82, 2.24) is 5.32 Å². The molecule has 0 spiro atoms. The zero-order valence-corrected chi connectivity index (χ0v) is 30.8. The second kappa shape index (κ2) is 24.4. The first-order chi connectivity index (χ1) is 18.7. The molecule has 2 aromatic carbocycles. The van der Waals surface area contributed by atoms with E-state index in [9.17, 15) is 19.2 Å². The average molecular weight is 801 g/mol. The van der Waals surface area contributed by atoms with Gasteiger partial charge in [0.2, 0.25) is 5.97 Å². The van der Waals surface area contributed by atoms with Gasteiger partial charge < -0.3 is 23.8 Å². The van der Waals surface area contributed by atoms with E-state index in [0.29, 0.717) is 12.1 Å². The Hall–Kier alpha value is -1.04. The minimum Gasteiger partial charge on any atom is -0.793 e. The molecule has 0 aliphatic heterocycles. The van der Waals surface area contributed by atoms with E-state index < -0.39 is 17.9 Å². The molecule has 9 nitrogen and oxygen atoms in total. The van der Waals surface area contributed by atoms with Crippen LogP contribution < -0.4 is 40.6 Å². The van der Waals surface area contributed by atoms with Gasteiger partial charge in [-0.3, -0.25) is 9.59 Å². The summed E-state index contributed by atoms with van der Waals surface area (Å²) < 4.78 is 6.07. The number of benzene rings is 2. The fraction of sp³-hybridized carbons (Fsp3) is 0.429. The molecule has 2 aliphatic rings. The summed E-state index contributed by atoms with van der Waals surface area (Å²) in [6.45, 7) is 7.33. The van der Waals surface area contributed by atoms with Gasteiger partial charge in [-0.15, -0.1) is 0 Å². The summed E-state index contributed by atoms with van der Waals surface area (Å²) in [6.07, 6.45) is 5.24. The van der Waals surface area contributed by atoms with Crippen LogP contribution in [0.25, 0.3) is 0 Å². The number of nitrogens with one attached hydrogen (secondary N) is 1. The van der Waals surface area contributed by atoms with E-state index >= 15 is 0 Å². The number of hydrogen-bond donors (Lipinski definition) is 2. The molecule has 1 unspecified atom stereocenters. The first-order valence-electron chi connectivity index (χ1n) is 12.5. The molecule has 41 heavy (non-hydrogen) atoms. The minimum atomic E-state index is -0.639. The molecule has 0 bridgehead atoms. The Bertz CT molecular complexity index is 1040. The number of rotatable bonds is 4. The number of ketones is 1. The first-order valence-corrected chi connectivity index (χ1v) is 14.7. The number of carbonyl (C=O) groups excluding carboxylic acids is 4. The van der Waals surface area contributed by atoms with Crippen LogP contribution in [-0.4, -0.2) is 43.8 Å². The van der Waals surface area contributed by atoms with E-state index in [4.69, 9.17) is 5.73 Å². The molecule has 3 N–H and O–H groups in total. The fourth-order valence-electron chi connectivity index (χ4n) is 2.35. The van der Waals surface area contributed by atoms with E-state index in [1.807, 2.05) is 24.3 Å². The predicted molar refractivity (Wildman–Crippen MR) is 171 cm³/mol. The van der Waals surface area contributed by atoms with Crippen LogP contribution in [0.4, 0.5) is 0 Å². The smallest absolute Gasteiger partial charge is 0.793 e. The van der Waals surface area contributed by atoms with Crippen LogP contribution in [0.2, 0.25) is 0 Å². The maximum absolute atomic E-state index is 10.8. The molecule has 0 aromatic heterocycles. The van der Waals surface area contributed by atoms with Crippen molar-refractivity contribution < 1.29 is 63.2 Å². The van der Waals surface area contributed by atoms with Crippen molar-refractivity contribution in [3.05, 3.63) is 66.8 Å². The molecule has 219 valence electrons. The Morgan fingerprint density at radius 1 is 0.805 bits per heavy atom. The molecule has 2 fully saturated rings. The summed E-state index contributed by atoms with van der Waals surface area (Å²) in [7, 11) is 4.32. The third-order valence-corrected chi connectivity index (χ3v) is 6.19. The van der Waals surface area contributed by atoms with Crippen LogP contribution in [0.1, 0.15) is 82.3 Å². The second-order valence-electron chi connectivity index (χ2n) is 8.87. The predicted octanol–water partition coefficient (Wildman–Crippen LogP) is 2.37. The van der Waals surface area contributed by atoms with Gasteiger partial charge >= 0.3 is 41.5 Å². The topological polar surface area (TPSA) is 134 Å². The number of carbonyl (C=O) groups is 4. The average Bonchev–Trinajstić information content (AvgIpc) is 3.84. The number of hydrogen-bond acceptors (Lipinski definition) is 9. The monoisotopic (exact) mass is 801 g/mol. The van der Waals surface area contributed by atoms with E-state index in [1.165, 1.54) is 41.7 Å². The molecule has 0 amide bonds. The largest absolute Gasteiger partial charge is 1.00 e. The summed E-state index contributed by atoms with van der Waals surface area (Å²) in [5.41, 5.74) is 7.40. The normalized spacial score (nSPS) is 13.1. The van der Waals surface area contributed by atoms with Gasteiger partial charge in [-0.2, -0.15) is 0 Å². The molecular weight excluding hydrogens is 764 g/mol. The quantitative estimate of drug-likeness (QED) is 0.157. The maximum atomic E-state index is 10.8. The van der Waals surface area contributed by atoms with Gasteiger partial charge in [-0.05, 0) is 115 Å². The molecule has 2 aromatic rings. The molecule has 13 heteroatoms. The number of nitrogens with two attached hydrogens (primary N) is 1. The molecule has 1 atom stereocenters. The fourth-order valence-corrected chi connectivity index (χ4v) is 3.07. The van der Waals surface area contributed by atoms with Gasteiger partial charge in [-0.1, -0.05) is 24.3 Å². The zero-order chi connectivity index (χ0) is 30.7. The summed E-state index contributed by atoms with van der Waals surface area (Å²) >= 11 is 4.55. The van der Waals surface area contributed by atoms with Crippen molar-refractivity contribution in [2.75, 3.05) is 0 Å². The first kappa shape index (κ1) is 42.1. The van der Waals surface area contributed by atoms with Gasteiger partial charge in [0.05, 0.1) is 0 Å². The molecule has 0 heterocycles. The Morgan fingerprint density at radius 3 is 1.44 bits per heavy atom. The van der Waals surface area contributed by atoms with Crippen molar-refractivity contribution >= 4 is 76.9 Å². The summed E-state index contributed by atoms with van der Waals surface area (Å²) in [5, 5.41) is 3.59.